The summed E-state index contributed by atoms with van der Waals surface area (Å²) < 4.78 is 0. The van der Waals surface area contributed by atoms with E-state index < -0.39 is 0 Å². The number of benzene rings is 1. The van der Waals surface area contributed by atoms with Crippen molar-refractivity contribution in [2.75, 3.05) is 26.7 Å². The lowest BCUT2D eigenvalue weighted by Gasteiger charge is -2.36. The maximum Gasteiger partial charge on any atom is 0.255 e. The SMILES string of the molecule is CN(CCc1ccccc1)C1CCN(C(=O)c2ccc(-c3nc[nH]n3)nc2)CC1. The first-order valence-corrected chi connectivity index (χ1v) is 10.1. The van der Waals surface area contributed by atoms with Gasteiger partial charge in [-0.05, 0) is 44.0 Å². The van der Waals surface area contributed by atoms with Gasteiger partial charge in [-0.15, -0.1) is 0 Å². The quantitative estimate of drug-likeness (QED) is 0.700. The van der Waals surface area contributed by atoms with Crippen molar-refractivity contribution in [2.45, 2.75) is 25.3 Å². The van der Waals surface area contributed by atoms with Crippen LogP contribution in [0.5, 0.6) is 0 Å². The highest BCUT2D eigenvalue weighted by Crippen LogP contribution is 2.19. The summed E-state index contributed by atoms with van der Waals surface area (Å²) in [7, 11) is 2.19. The Labute approximate surface area is 170 Å². The standard InChI is InChI=1S/C22H26N6O/c1-27(12-9-17-5-3-2-4-6-17)19-10-13-28(14-11-19)22(29)18-7-8-20(23-15-18)21-24-16-25-26-21/h2-8,15-16,19H,9-14H2,1H3,(H,24,25,26). The molecule has 1 fully saturated rings. The summed E-state index contributed by atoms with van der Waals surface area (Å²) in [5.74, 6) is 0.577. The molecule has 0 saturated carbocycles. The molecule has 1 amide bonds. The maximum atomic E-state index is 12.8. The number of aromatic amines is 1. The molecule has 0 bridgehead atoms. The zero-order valence-electron chi connectivity index (χ0n) is 16.7. The number of nitrogens with one attached hydrogen (secondary N) is 1. The number of amides is 1. The Balaban J connectivity index is 1.28. The molecule has 0 radical (unpaired) electrons. The molecule has 0 unspecified atom stereocenters. The summed E-state index contributed by atoms with van der Waals surface area (Å²) >= 11 is 0. The van der Waals surface area contributed by atoms with Gasteiger partial charge < -0.3 is 9.80 Å². The van der Waals surface area contributed by atoms with Gasteiger partial charge in [0.2, 0.25) is 0 Å². The zero-order valence-corrected chi connectivity index (χ0v) is 16.7. The average Bonchev–Trinajstić information content (AvgIpc) is 3.33. The molecule has 7 heteroatoms. The first-order valence-electron chi connectivity index (χ1n) is 10.1. The van der Waals surface area contributed by atoms with Crippen LogP contribution in [0.25, 0.3) is 11.5 Å². The fourth-order valence-corrected chi connectivity index (χ4v) is 3.81. The summed E-state index contributed by atoms with van der Waals surface area (Å²) in [6.07, 6.45) is 6.18. The van der Waals surface area contributed by atoms with Crippen molar-refractivity contribution in [1.29, 1.82) is 0 Å². The molecular weight excluding hydrogens is 364 g/mol. The monoisotopic (exact) mass is 390 g/mol. The molecule has 1 aliphatic rings. The molecule has 1 N–H and O–H groups in total. The van der Waals surface area contributed by atoms with Crippen LogP contribution in [0.2, 0.25) is 0 Å². The topological polar surface area (TPSA) is 78.0 Å². The van der Waals surface area contributed by atoms with Gasteiger partial charge in [0.1, 0.15) is 12.0 Å². The Kier molecular flexibility index (Phi) is 5.95. The molecule has 3 aromatic rings. The van der Waals surface area contributed by atoms with Gasteiger partial charge in [0.25, 0.3) is 5.91 Å². The molecule has 150 valence electrons. The van der Waals surface area contributed by atoms with Crippen molar-refractivity contribution in [3.8, 4) is 11.5 Å². The number of nitrogens with zero attached hydrogens (tertiary/aromatic N) is 5. The first-order chi connectivity index (χ1) is 14.2. The molecular formula is C22H26N6O. The van der Waals surface area contributed by atoms with Crippen LogP contribution >= 0.6 is 0 Å². The Hall–Kier alpha value is -3.06. The number of hydrogen-bond donors (Lipinski definition) is 1. The predicted octanol–water partition coefficient (Wildman–Crippen LogP) is 2.65. The van der Waals surface area contributed by atoms with Crippen molar-refractivity contribution in [1.82, 2.24) is 30.0 Å². The number of pyridine rings is 1. The van der Waals surface area contributed by atoms with E-state index in [9.17, 15) is 4.79 Å². The van der Waals surface area contributed by atoms with Crippen LogP contribution in [0, 0.1) is 0 Å². The lowest BCUT2D eigenvalue weighted by atomic mass is 10.0. The minimum Gasteiger partial charge on any atom is -0.338 e. The summed E-state index contributed by atoms with van der Waals surface area (Å²) in [5.41, 5.74) is 2.63. The van der Waals surface area contributed by atoms with Gasteiger partial charge in [0.15, 0.2) is 5.82 Å². The molecule has 1 aliphatic heterocycles. The molecule has 4 rings (SSSR count). The highest BCUT2D eigenvalue weighted by atomic mass is 16.2. The van der Waals surface area contributed by atoms with E-state index in [4.69, 9.17) is 0 Å². The second-order valence-corrected chi connectivity index (χ2v) is 7.49. The van der Waals surface area contributed by atoms with Crippen molar-refractivity contribution in [2.24, 2.45) is 0 Å². The number of carbonyl (C=O) groups is 1. The van der Waals surface area contributed by atoms with E-state index in [-0.39, 0.29) is 5.91 Å². The summed E-state index contributed by atoms with van der Waals surface area (Å²) in [6.45, 7) is 2.60. The Morgan fingerprint density at radius 2 is 1.93 bits per heavy atom. The van der Waals surface area contributed by atoms with Gasteiger partial charge in [-0.25, -0.2) is 4.98 Å². The van der Waals surface area contributed by atoms with E-state index in [1.807, 2.05) is 4.90 Å². The van der Waals surface area contributed by atoms with Crippen molar-refractivity contribution >= 4 is 5.91 Å². The Morgan fingerprint density at radius 1 is 1.14 bits per heavy atom. The van der Waals surface area contributed by atoms with Gasteiger partial charge in [-0.2, -0.15) is 5.10 Å². The summed E-state index contributed by atoms with van der Waals surface area (Å²) in [6, 6.07) is 14.7. The minimum atomic E-state index is 0.0458. The van der Waals surface area contributed by atoms with Crippen LogP contribution in [-0.2, 0) is 6.42 Å². The molecule has 29 heavy (non-hydrogen) atoms. The number of likely N-dealkylation sites (N-methyl/N-ethyl adjacent to an activating group) is 1. The van der Waals surface area contributed by atoms with Crippen LogP contribution < -0.4 is 0 Å². The molecule has 0 spiro atoms. The zero-order chi connectivity index (χ0) is 20.1. The molecule has 0 atom stereocenters. The van der Waals surface area contributed by atoms with E-state index in [1.54, 1.807) is 18.3 Å². The molecule has 0 aliphatic carbocycles. The smallest absolute Gasteiger partial charge is 0.255 e. The number of likely N-dealkylation sites (tertiary alicyclic amines) is 1. The Morgan fingerprint density at radius 3 is 2.59 bits per heavy atom. The third kappa shape index (κ3) is 4.68. The number of aromatic nitrogens is 4. The van der Waals surface area contributed by atoms with Crippen molar-refractivity contribution in [3.63, 3.8) is 0 Å². The molecule has 1 saturated heterocycles. The van der Waals surface area contributed by atoms with E-state index in [2.05, 4.69) is 62.4 Å². The van der Waals surface area contributed by atoms with Gasteiger partial charge in [-0.3, -0.25) is 14.9 Å². The van der Waals surface area contributed by atoms with E-state index in [1.165, 1.54) is 11.9 Å². The second kappa shape index (κ2) is 8.96. The lowest BCUT2D eigenvalue weighted by molar-refractivity contribution is 0.0646. The van der Waals surface area contributed by atoms with E-state index in [0.717, 1.165) is 38.9 Å². The largest absolute Gasteiger partial charge is 0.338 e. The number of H-pyrrole nitrogens is 1. The van der Waals surface area contributed by atoms with Crippen LogP contribution in [0.15, 0.2) is 55.0 Å². The first kappa shape index (κ1) is 19.3. The summed E-state index contributed by atoms with van der Waals surface area (Å²) in [5, 5.41) is 6.68. The number of rotatable bonds is 6. The van der Waals surface area contributed by atoms with E-state index in [0.29, 0.717) is 23.1 Å². The fraction of sp³-hybridized carbons (Fsp3) is 0.364. The molecule has 2 aromatic heterocycles. The van der Waals surface area contributed by atoms with Gasteiger partial charge >= 0.3 is 0 Å². The van der Waals surface area contributed by atoms with Gasteiger partial charge in [-0.1, -0.05) is 30.3 Å². The highest BCUT2D eigenvalue weighted by molar-refractivity contribution is 5.94. The van der Waals surface area contributed by atoms with Crippen LogP contribution in [0.1, 0.15) is 28.8 Å². The van der Waals surface area contributed by atoms with Crippen molar-refractivity contribution < 1.29 is 4.79 Å². The number of hydrogen-bond acceptors (Lipinski definition) is 5. The molecule has 7 nitrogen and oxygen atoms in total. The summed E-state index contributed by atoms with van der Waals surface area (Å²) in [4.78, 5) is 25.6. The molecule has 1 aromatic carbocycles. The third-order valence-corrected chi connectivity index (χ3v) is 5.63. The minimum absolute atomic E-state index is 0.0458. The number of piperidine rings is 1. The second-order valence-electron chi connectivity index (χ2n) is 7.49. The average molecular weight is 390 g/mol. The van der Waals surface area contributed by atoms with Crippen molar-refractivity contribution in [3.05, 3.63) is 66.1 Å². The van der Waals surface area contributed by atoms with E-state index >= 15 is 0 Å². The predicted molar refractivity (Wildman–Crippen MR) is 111 cm³/mol. The highest BCUT2D eigenvalue weighted by Gasteiger charge is 2.26. The van der Waals surface area contributed by atoms with Gasteiger partial charge in [0.05, 0.1) is 5.56 Å². The third-order valence-electron chi connectivity index (χ3n) is 5.63. The normalized spacial score (nSPS) is 15.0. The maximum absolute atomic E-state index is 12.8. The lowest BCUT2D eigenvalue weighted by Crippen LogP contribution is -2.46. The molecule has 3 heterocycles. The fourth-order valence-electron chi connectivity index (χ4n) is 3.81. The number of carbonyl (C=O) groups excluding carboxylic acids is 1. The van der Waals surface area contributed by atoms with Crippen LogP contribution in [0.4, 0.5) is 0 Å². The van der Waals surface area contributed by atoms with Crippen LogP contribution in [-0.4, -0.2) is 68.6 Å². The van der Waals surface area contributed by atoms with Gasteiger partial charge in [0, 0.05) is 31.9 Å². The Bertz CT molecular complexity index is 902. The van der Waals surface area contributed by atoms with Crippen LogP contribution in [0.3, 0.4) is 0 Å².